The van der Waals surface area contributed by atoms with E-state index in [2.05, 4.69) is 5.32 Å². The number of nitrogens with zero attached hydrogens (tertiary/aromatic N) is 1. The third kappa shape index (κ3) is 5.13. The molecule has 2 rings (SSSR count). The molecule has 0 aliphatic carbocycles. The van der Waals surface area contributed by atoms with Gasteiger partial charge in [-0.3, -0.25) is 0 Å². The number of halogens is 3. The number of alkyl halides is 3. The average molecular weight is 330 g/mol. The highest BCUT2D eigenvalue weighted by Gasteiger charge is 2.33. The third-order valence-electron chi connectivity index (χ3n) is 3.88. The predicted octanol–water partition coefficient (Wildman–Crippen LogP) is 4.13. The van der Waals surface area contributed by atoms with Crippen LogP contribution >= 0.6 is 0 Å². The largest absolute Gasteiger partial charge is 0.418 e. The van der Waals surface area contributed by atoms with Crippen LogP contribution in [-0.2, 0) is 10.9 Å². The minimum Gasteiger partial charge on any atom is -0.378 e. The highest BCUT2D eigenvalue weighted by Crippen LogP contribution is 2.34. The van der Waals surface area contributed by atoms with Gasteiger partial charge in [0, 0.05) is 20.2 Å². The fourth-order valence-electron chi connectivity index (χ4n) is 2.52. The molecule has 1 fully saturated rings. The number of benzene rings is 1. The van der Waals surface area contributed by atoms with Gasteiger partial charge in [0.15, 0.2) is 0 Å². The van der Waals surface area contributed by atoms with E-state index >= 15 is 0 Å². The Labute approximate surface area is 133 Å². The summed E-state index contributed by atoms with van der Waals surface area (Å²) in [4.78, 5) is 13.5. The van der Waals surface area contributed by atoms with E-state index in [0.717, 1.165) is 31.9 Å². The van der Waals surface area contributed by atoms with Crippen molar-refractivity contribution in [3.63, 3.8) is 0 Å². The molecule has 0 radical (unpaired) electrons. The Morgan fingerprint density at radius 1 is 1.35 bits per heavy atom. The zero-order chi connectivity index (χ0) is 16.9. The second kappa shape index (κ2) is 7.68. The molecule has 1 aliphatic rings. The number of amides is 2. The number of para-hydroxylation sites is 1. The molecule has 0 spiro atoms. The van der Waals surface area contributed by atoms with Gasteiger partial charge in [0.25, 0.3) is 0 Å². The van der Waals surface area contributed by atoms with Gasteiger partial charge in [0.05, 0.1) is 17.4 Å². The minimum atomic E-state index is -4.50. The van der Waals surface area contributed by atoms with Gasteiger partial charge in [-0.05, 0) is 37.8 Å². The smallest absolute Gasteiger partial charge is 0.378 e. The van der Waals surface area contributed by atoms with Crippen molar-refractivity contribution in [3.8, 4) is 0 Å². The first kappa shape index (κ1) is 17.6. The van der Waals surface area contributed by atoms with E-state index in [1.165, 1.54) is 23.1 Å². The molecule has 2 amide bonds. The van der Waals surface area contributed by atoms with Crippen molar-refractivity contribution in [3.05, 3.63) is 29.8 Å². The molecule has 0 aromatic heterocycles. The van der Waals surface area contributed by atoms with Crippen molar-refractivity contribution in [1.29, 1.82) is 0 Å². The molecule has 0 bridgehead atoms. The first-order chi connectivity index (χ1) is 10.9. The maximum atomic E-state index is 12.9. The first-order valence-electron chi connectivity index (χ1n) is 7.68. The summed E-state index contributed by atoms with van der Waals surface area (Å²) in [5.41, 5.74) is -1.08. The summed E-state index contributed by atoms with van der Waals surface area (Å²) in [5.74, 6) is 0. The second-order valence-corrected chi connectivity index (χ2v) is 5.67. The van der Waals surface area contributed by atoms with Crippen molar-refractivity contribution in [1.82, 2.24) is 4.90 Å². The van der Waals surface area contributed by atoms with Gasteiger partial charge >= 0.3 is 12.2 Å². The van der Waals surface area contributed by atoms with E-state index in [4.69, 9.17) is 4.74 Å². The van der Waals surface area contributed by atoms with Crippen LogP contribution in [0.4, 0.5) is 23.7 Å². The number of urea groups is 1. The molecule has 1 heterocycles. The number of rotatable bonds is 4. The van der Waals surface area contributed by atoms with Gasteiger partial charge < -0.3 is 15.0 Å². The molecule has 1 atom stereocenters. The molecular formula is C16H21F3N2O2. The minimum absolute atomic E-state index is 0.126. The van der Waals surface area contributed by atoms with Gasteiger partial charge in [0.1, 0.15) is 0 Å². The van der Waals surface area contributed by atoms with Gasteiger partial charge in [0.2, 0.25) is 0 Å². The zero-order valence-electron chi connectivity index (χ0n) is 13.0. The lowest BCUT2D eigenvalue weighted by Gasteiger charge is -2.25. The van der Waals surface area contributed by atoms with E-state index in [1.807, 2.05) is 0 Å². The second-order valence-electron chi connectivity index (χ2n) is 5.67. The van der Waals surface area contributed by atoms with Crippen molar-refractivity contribution >= 4 is 11.7 Å². The Morgan fingerprint density at radius 3 is 2.74 bits per heavy atom. The maximum absolute atomic E-state index is 12.9. The topological polar surface area (TPSA) is 41.6 Å². The van der Waals surface area contributed by atoms with Crippen LogP contribution in [0.2, 0.25) is 0 Å². The van der Waals surface area contributed by atoms with Crippen LogP contribution in [0, 0.1) is 0 Å². The normalized spacial score (nSPS) is 18.5. The zero-order valence-corrected chi connectivity index (χ0v) is 13.0. The summed E-state index contributed by atoms with van der Waals surface area (Å²) in [6, 6.07) is 4.39. The third-order valence-corrected chi connectivity index (χ3v) is 3.88. The lowest BCUT2D eigenvalue weighted by Crippen LogP contribution is -2.35. The van der Waals surface area contributed by atoms with Crippen LogP contribution in [0.3, 0.4) is 0 Å². The summed E-state index contributed by atoms with van der Waals surface area (Å²) >= 11 is 0. The van der Waals surface area contributed by atoms with Gasteiger partial charge in [-0.15, -0.1) is 0 Å². The number of nitrogens with one attached hydrogen (secondary N) is 1. The highest BCUT2D eigenvalue weighted by molar-refractivity contribution is 5.90. The Morgan fingerprint density at radius 2 is 2.09 bits per heavy atom. The SMILES string of the molecule is CN(CCC1CCCCO1)C(=O)Nc1ccccc1C(F)(F)F. The van der Waals surface area contributed by atoms with E-state index < -0.39 is 17.8 Å². The quantitative estimate of drug-likeness (QED) is 0.902. The molecule has 1 N–H and O–H groups in total. The van der Waals surface area contributed by atoms with Crippen molar-refractivity contribution in [2.75, 3.05) is 25.5 Å². The highest BCUT2D eigenvalue weighted by atomic mass is 19.4. The summed E-state index contributed by atoms with van der Waals surface area (Å²) in [6.07, 6.45) is -0.558. The van der Waals surface area contributed by atoms with Crippen LogP contribution in [0.15, 0.2) is 24.3 Å². The molecule has 0 saturated carbocycles. The molecule has 128 valence electrons. The average Bonchev–Trinajstić information content (AvgIpc) is 2.53. The number of carbonyl (C=O) groups is 1. The molecule has 1 unspecified atom stereocenters. The van der Waals surface area contributed by atoms with E-state index in [-0.39, 0.29) is 11.8 Å². The standard InChI is InChI=1S/C16H21F3N2O2/c1-21(10-9-12-6-4-5-11-23-12)15(22)20-14-8-3-2-7-13(14)16(17,18)19/h2-3,7-8,12H,4-6,9-11H2,1H3,(H,20,22). The Hall–Kier alpha value is -1.76. The molecule has 4 nitrogen and oxygen atoms in total. The molecule has 1 saturated heterocycles. The van der Waals surface area contributed by atoms with Crippen LogP contribution in [-0.4, -0.2) is 37.2 Å². The van der Waals surface area contributed by atoms with Crippen molar-refractivity contribution in [2.24, 2.45) is 0 Å². The van der Waals surface area contributed by atoms with Gasteiger partial charge in [-0.2, -0.15) is 13.2 Å². The Kier molecular flexibility index (Phi) is 5.87. The van der Waals surface area contributed by atoms with Gasteiger partial charge in [-0.25, -0.2) is 4.79 Å². The van der Waals surface area contributed by atoms with E-state index in [1.54, 1.807) is 7.05 Å². The van der Waals surface area contributed by atoms with E-state index in [9.17, 15) is 18.0 Å². The summed E-state index contributed by atoms with van der Waals surface area (Å²) in [6.45, 7) is 1.17. The molecule has 7 heteroatoms. The molecule has 1 aromatic carbocycles. The van der Waals surface area contributed by atoms with Crippen LogP contribution < -0.4 is 5.32 Å². The summed E-state index contributed by atoms with van der Waals surface area (Å²) in [5, 5.41) is 2.33. The molecule has 23 heavy (non-hydrogen) atoms. The summed E-state index contributed by atoms with van der Waals surface area (Å²) in [7, 11) is 1.56. The maximum Gasteiger partial charge on any atom is 0.418 e. The number of ether oxygens (including phenoxy) is 1. The first-order valence-corrected chi connectivity index (χ1v) is 7.68. The number of carbonyl (C=O) groups excluding carboxylic acids is 1. The van der Waals surface area contributed by atoms with Crippen LogP contribution in [0.25, 0.3) is 0 Å². The molecular weight excluding hydrogens is 309 g/mol. The fraction of sp³-hybridized carbons (Fsp3) is 0.562. The van der Waals surface area contributed by atoms with E-state index in [0.29, 0.717) is 13.0 Å². The van der Waals surface area contributed by atoms with Crippen molar-refractivity contribution < 1.29 is 22.7 Å². The summed E-state index contributed by atoms with van der Waals surface area (Å²) < 4.78 is 44.3. The Balaban J connectivity index is 1.91. The predicted molar refractivity (Wildman–Crippen MR) is 81.3 cm³/mol. The number of hydrogen-bond acceptors (Lipinski definition) is 2. The fourth-order valence-corrected chi connectivity index (χ4v) is 2.52. The lowest BCUT2D eigenvalue weighted by molar-refractivity contribution is -0.136. The molecule has 1 aliphatic heterocycles. The van der Waals surface area contributed by atoms with Crippen molar-refractivity contribution in [2.45, 2.75) is 38.0 Å². The number of anilines is 1. The number of hydrogen-bond donors (Lipinski definition) is 1. The molecule has 1 aromatic rings. The van der Waals surface area contributed by atoms with Crippen LogP contribution in [0.1, 0.15) is 31.2 Å². The lowest BCUT2D eigenvalue weighted by atomic mass is 10.1. The monoisotopic (exact) mass is 330 g/mol. The Bertz CT molecular complexity index is 528. The van der Waals surface area contributed by atoms with Crippen LogP contribution in [0.5, 0.6) is 0 Å². The van der Waals surface area contributed by atoms with Gasteiger partial charge in [-0.1, -0.05) is 12.1 Å².